The van der Waals surface area contributed by atoms with Crippen molar-refractivity contribution in [3.8, 4) is 0 Å². The van der Waals surface area contributed by atoms with E-state index in [4.69, 9.17) is 4.74 Å². The second-order valence-electron chi connectivity index (χ2n) is 3.60. The zero-order valence-electron chi connectivity index (χ0n) is 8.93. The van der Waals surface area contributed by atoms with E-state index in [2.05, 4.69) is 4.74 Å². The Balaban J connectivity index is 2.55. The molecule has 6 heteroatoms. The maximum absolute atomic E-state index is 11.8. The molecule has 5 nitrogen and oxygen atoms in total. The first-order valence-electron chi connectivity index (χ1n) is 4.87. The Morgan fingerprint density at radius 1 is 1.53 bits per heavy atom. The molecule has 0 saturated carbocycles. The van der Waals surface area contributed by atoms with E-state index in [1.54, 1.807) is 6.92 Å². The fourth-order valence-corrected chi connectivity index (χ4v) is 3.53. The monoisotopic (exact) mass is 236 g/mol. The van der Waals surface area contributed by atoms with Crippen LogP contribution in [-0.2, 0) is 24.1 Å². The van der Waals surface area contributed by atoms with Crippen molar-refractivity contribution in [2.24, 2.45) is 0 Å². The van der Waals surface area contributed by atoms with Crippen LogP contribution in [0.5, 0.6) is 0 Å². The van der Waals surface area contributed by atoms with Gasteiger partial charge in [-0.25, -0.2) is 8.42 Å². The van der Waals surface area contributed by atoms with E-state index in [9.17, 15) is 13.2 Å². The Labute approximate surface area is 89.7 Å². The molecule has 1 saturated heterocycles. The largest absolute Gasteiger partial charge is 0.469 e. The van der Waals surface area contributed by atoms with E-state index < -0.39 is 21.1 Å². The SMILES string of the molecule is COC(=O)CCS(=O)(=O)C1CCOC1C. The lowest BCUT2D eigenvalue weighted by Crippen LogP contribution is -2.30. The summed E-state index contributed by atoms with van der Waals surface area (Å²) in [6.07, 6.45) is 0.167. The molecule has 1 aliphatic heterocycles. The fraction of sp³-hybridized carbons (Fsp3) is 0.889. The van der Waals surface area contributed by atoms with Gasteiger partial charge in [0, 0.05) is 6.61 Å². The topological polar surface area (TPSA) is 69.7 Å². The average molecular weight is 236 g/mol. The van der Waals surface area contributed by atoms with Gasteiger partial charge in [0.05, 0.1) is 30.6 Å². The number of carbonyl (C=O) groups excluding carboxylic acids is 1. The normalized spacial score (nSPS) is 26.5. The Morgan fingerprint density at radius 3 is 2.67 bits per heavy atom. The van der Waals surface area contributed by atoms with Crippen molar-refractivity contribution < 1.29 is 22.7 Å². The second kappa shape index (κ2) is 4.94. The third kappa shape index (κ3) is 3.17. The van der Waals surface area contributed by atoms with E-state index in [1.165, 1.54) is 7.11 Å². The number of hydrogen-bond acceptors (Lipinski definition) is 5. The maximum Gasteiger partial charge on any atom is 0.306 e. The van der Waals surface area contributed by atoms with Crippen LogP contribution in [-0.4, -0.2) is 45.2 Å². The van der Waals surface area contributed by atoms with Crippen molar-refractivity contribution in [3.05, 3.63) is 0 Å². The van der Waals surface area contributed by atoms with E-state index in [0.29, 0.717) is 13.0 Å². The molecule has 0 radical (unpaired) electrons. The summed E-state index contributed by atoms with van der Waals surface area (Å²) >= 11 is 0. The van der Waals surface area contributed by atoms with Gasteiger partial charge < -0.3 is 9.47 Å². The van der Waals surface area contributed by atoms with Crippen LogP contribution in [0.1, 0.15) is 19.8 Å². The number of esters is 1. The molecule has 0 amide bonds. The summed E-state index contributed by atoms with van der Waals surface area (Å²) in [5, 5.41) is -0.470. The van der Waals surface area contributed by atoms with E-state index in [1.807, 2.05) is 0 Å². The van der Waals surface area contributed by atoms with Gasteiger partial charge in [-0.2, -0.15) is 0 Å². The molecule has 0 aromatic heterocycles. The highest BCUT2D eigenvalue weighted by atomic mass is 32.2. The van der Waals surface area contributed by atoms with Crippen LogP contribution >= 0.6 is 0 Å². The molecule has 88 valence electrons. The molecular formula is C9H16O5S. The van der Waals surface area contributed by atoms with Crippen molar-refractivity contribution in [2.75, 3.05) is 19.5 Å². The van der Waals surface area contributed by atoms with Crippen molar-refractivity contribution in [1.29, 1.82) is 0 Å². The molecule has 0 aliphatic carbocycles. The smallest absolute Gasteiger partial charge is 0.306 e. The van der Waals surface area contributed by atoms with Crippen LogP contribution in [0, 0.1) is 0 Å². The van der Waals surface area contributed by atoms with Crippen molar-refractivity contribution >= 4 is 15.8 Å². The standard InChI is InChI=1S/C9H16O5S/c1-7-8(3-5-14-7)15(11,12)6-4-9(10)13-2/h7-8H,3-6H2,1-2H3. The zero-order chi connectivity index (χ0) is 11.5. The number of sulfone groups is 1. The molecule has 1 aliphatic rings. The summed E-state index contributed by atoms with van der Waals surface area (Å²) < 4.78 is 33.1. The van der Waals surface area contributed by atoms with Crippen LogP contribution in [0.3, 0.4) is 0 Å². The molecule has 2 atom stereocenters. The van der Waals surface area contributed by atoms with E-state index >= 15 is 0 Å². The minimum Gasteiger partial charge on any atom is -0.469 e. The van der Waals surface area contributed by atoms with Crippen molar-refractivity contribution in [2.45, 2.75) is 31.1 Å². The molecule has 0 aromatic carbocycles. The van der Waals surface area contributed by atoms with Crippen LogP contribution in [0.25, 0.3) is 0 Å². The molecule has 0 N–H and O–H groups in total. The summed E-state index contributed by atoms with van der Waals surface area (Å²) in [7, 11) is -1.99. The van der Waals surface area contributed by atoms with Crippen molar-refractivity contribution in [1.82, 2.24) is 0 Å². The first kappa shape index (κ1) is 12.4. The zero-order valence-corrected chi connectivity index (χ0v) is 9.75. The van der Waals surface area contributed by atoms with Crippen LogP contribution < -0.4 is 0 Å². The first-order valence-corrected chi connectivity index (χ1v) is 6.59. The summed E-state index contributed by atoms with van der Waals surface area (Å²) in [4.78, 5) is 10.8. The number of hydrogen-bond donors (Lipinski definition) is 0. The van der Waals surface area contributed by atoms with Gasteiger partial charge in [-0.1, -0.05) is 0 Å². The van der Waals surface area contributed by atoms with Gasteiger partial charge in [0.2, 0.25) is 0 Å². The average Bonchev–Trinajstić information content (AvgIpc) is 2.61. The molecule has 1 heterocycles. The number of rotatable bonds is 4. The molecule has 15 heavy (non-hydrogen) atoms. The van der Waals surface area contributed by atoms with Crippen LogP contribution in [0.4, 0.5) is 0 Å². The van der Waals surface area contributed by atoms with Gasteiger partial charge in [-0.05, 0) is 13.3 Å². The summed E-state index contributed by atoms with van der Waals surface area (Å²) in [6.45, 7) is 2.22. The lowest BCUT2D eigenvalue weighted by Gasteiger charge is -2.14. The molecule has 1 rings (SSSR count). The molecular weight excluding hydrogens is 220 g/mol. The molecule has 0 bridgehead atoms. The Morgan fingerprint density at radius 2 is 2.20 bits per heavy atom. The maximum atomic E-state index is 11.8. The van der Waals surface area contributed by atoms with Gasteiger partial charge in [-0.15, -0.1) is 0 Å². The third-order valence-corrected chi connectivity index (χ3v) is 4.90. The summed E-state index contributed by atoms with van der Waals surface area (Å²) in [6, 6.07) is 0. The highest BCUT2D eigenvalue weighted by Crippen LogP contribution is 2.21. The third-order valence-electron chi connectivity index (χ3n) is 2.59. The molecule has 0 spiro atoms. The van der Waals surface area contributed by atoms with Gasteiger partial charge in [0.1, 0.15) is 0 Å². The number of carbonyl (C=O) groups is 1. The Kier molecular flexibility index (Phi) is 4.10. The lowest BCUT2D eigenvalue weighted by atomic mass is 10.3. The lowest BCUT2D eigenvalue weighted by molar-refractivity contribution is -0.140. The van der Waals surface area contributed by atoms with Gasteiger partial charge >= 0.3 is 5.97 Å². The molecule has 0 aromatic rings. The summed E-state index contributed by atoms with van der Waals surface area (Å²) in [5.41, 5.74) is 0. The highest BCUT2D eigenvalue weighted by Gasteiger charge is 2.35. The Hall–Kier alpha value is -0.620. The van der Waals surface area contributed by atoms with Gasteiger partial charge in [0.25, 0.3) is 0 Å². The Bertz CT molecular complexity index is 321. The highest BCUT2D eigenvalue weighted by molar-refractivity contribution is 7.92. The molecule has 2 unspecified atom stereocenters. The predicted molar refractivity (Wildman–Crippen MR) is 54.2 cm³/mol. The van der Waals surface area contributed by atoms with E-state index in [-0.39, 0.29) is 18.3 Å². The quantitative estimate of drug-likeness (QED) is 0.649. The van der Waals surface area contributed by atoms with Gasteiger partial charge in [0.15, 0.2) is 9.84 Å². The predicted octanol–water partition coefficient (Wildman–Crippen LogP) is 0.142. The minimum absolute atomic E-state index is 0.0813. The first-order chi connectivity index (χ1) is 6.97. The second-order valence-corrected chi connectivity index (χ2v) is 5.94. The molecule has 1 fully saturated rings. The van der Waals surface area contributed by atoms with Crippen molar-refractivity contribution in [3.63, 3.8) is 0 Å². The van der Waals surface area contributed by atoms with E-state index in [0.717, 1.165) is 0 Å². The number of ether oxygens (including phenoxy) is 2. The summed E-state index contributed by atoms with van der Waals surface area (Å²) in [5.74, 6) is -0.650. The fourth-order valence-electron chi connectivity index (χ4n) is 1.66. The number of methoxy groups -OCH3 is 1. The minimum atomic E-state index is -3.24. The van der Waals surface area contributed by atoms with Crippen LogP contribution in [0.15, 0.2) is 0 Å². The van der Waals surface area contributed by atoms with Crippen LogP contribution in [0.2, 0.25) is 0 Å². The van der Waals surface area contributed by atoms with Gasteiger partial charge in [-0.3, -0.25) is 4.79 Å².